The summed E-state index contributed by atoms with van der Waals surface area (Å²) >= 11 is 0. The summed E-state index contributed by atoms with van der Waals surface area (Å²) in [7, 11) is 0. The van der Waals surface area contributed by atoms with Crippen molar-refractivity contribution in [2.45, 2.75) is 24.9 Å². The topological polar surface area (TPSA) is 30.2 Å². The zero-order valence-corrected chi connectivity index (χ0v) is 8.62. The van der Waals surface area contributed by atoms with Crippen molar-refractivity contribution in [1.29, 1.82) is 0 Å². The summed E-state index contributed by atoms with van der Waals surface area (Å²) in [6, 6.07) is 0.923. The summed E-state index contributed by atoms with van der Waals surface area (Å²) in [5.74, 6) is -14.0. The SMILES string of the molecule is Cc1cc(C(F)(F)C(F)(F)C(F)(F)F)oc(=O)c1. The molecule has 0 N–H and O–H groups in total. The Morgan fingerprint density at radius 3 is 1.89 bits per heavy atom. The predicted octanol–water partition coefficient (Wildman–Crippen LogP) is 3.24. The van der Waals surface area contributed by atoms with E-state index in [2.05, 4.69) is 4.42 Å². The molecule has 18 heavy (non-hydrogen) atoms. The molecule has 0 unspecified atom stereocenters. The molecule has 0 radical (unpaired) electrons. The van der Waals surface area contributed by atoms with E-state index in [1.807, 2.05) is 0 Å². The van der Waals surface area contributed by atoms with Crippen molar-refractivity contribution in [2.24, 2.45) is 0 Å². The molecule has 2 nitrogen and oxygen atoms in total. The lowest BCUT2D eigenvalue weighted by molar-refractivity contribution is -0.363. The van der Waals surface area contributed by atoms with E-state index in [1.54, 1.807) is 0 Å². The summed E-state index contributed by atoms with van der Waals surface area (Å²) in [5.41, 5.74) is -1.67. The summed E-state index contributed by atoms with van der Waals surface area (Å²) in [4.78, 5) is 10.7. The molecule has 102 valence electrons. The Bertz CT molecular complexity index is 500. The van der Waals surface area contributed by atoms with E-state index in [-0.39, 0.29) is 11.6 Å². The van der Waals surface area contributed by atoms with Crippen molar-refractivity contribution in [1.82, 2.24) is 0 Å². The van der Waals surface area contributed by atoms with Crippen LogP contribution in [0.4, 0.5) is 30.7 Å². The first-order chi connectivity index (χ1) is 7.89. The number of halogens is 7. The second-order valence-corrected chi connectivity index (χ2v) is 3.46. The first-order valence-corrected chi connectivity index (χ1v) is 4.34. The maximum atomic E-state index is 13.1. The molecular weight excluding hydrogens is 273 g/mol. The first-order valence-electron chi connectivity index (χ1n) is 4.34. The van der Waals surface area contributed by atoms with Gasteiger partial charge in [0.25, 0.3) is 0 Å². The fourth-order valence-electron chi connectivity index (χ4n) is 1.09. The maximum absolute atomic E-state index is 13.1. The Kier molecular flexibility index (Phi) is 3.22. The molecule has 0 aliphatic heterocycles. The lowest BCUT2D eigenvalue weighted by atomic mass is 10.1. The van der Waals surface area contributed by atoms with Gasteiger partial charge in [-0.3, -0.25) is 0 Å². The minimum absolute atomic E-state index is 0.223. The minimum atomic E-state index is -6.47. The van der Waals surface area contributed by atoms with Crippen LogP contribution in [0.1, 0.15) is 11.3 Å². The molecule has 0 spiro atoms. The highest BCUT2D eigenvalue weighted by atomic mass is 19.4. The van der Waals surface area contributed by atoms with Gasteiger partial charge in [0, 0.05) is 6.07 Å². The van der Waals surface area contributed by atoms with Crippen molar-refractivity contribution in [3.05, 3.63) is 33.9 Å². The summed E-state index contributed by atoms with van der Waals surface area (Å²) < 4.78 is 90.7. The van der Waals surface area contributed by atoms with Gasteiger partial charge in [-0.15, -0.1) is 0 Å². The first kappa shape index (κ1) is 14.5. The van der Waals surface area contributed by atoms with Gasteiger partial charge in [-0.25, -0.2) is 4.79 Å². The number of hydrogen-bond donors (Lipinski definition) is 0. The van der Waals surface area contributed by atoms with E-state index in [4.69, 9.17) is 0 Å². The van der Waals surface area contributed by atoms with Gasteiger partial charge < -0.3 is 4.42 Å². The fourth-order valence-corrected chi connectivity index (χ4v) is 1.09. The Morgan fingerprint density at radius 1 is 1.00 bits per heavy atom. The van der Waals surface area contributed by atoms with Crippen molar-refractivity contribution < 1.29 is 35.2 Å². The van der Waals surface area contributed by atoms with Gasteiger partial charge in [0.2, 0.25) is 0 Å². The molecule has 1 heterocycles. The minimum Gasteiger partial charge on any atom is -0.421 e. The van der Waals surface area contributed by atoms with Gasteiger partial charge in [0.1, 0.15) is 0 Å². The third kappa shape index (κ3) is 2.21. The van der Waals surface area contributed by atoms with Crippen LogP contribution in [-0.4, -0.2) is 12.1 Å². The van der Waals surface area contributed by atoms with Gasteiger partial charge in [0.05, 0.1) is 0 Å². The van der Waals surface area contributed by atoms with Crippen LogP contribution in [0.15, 0.2) is 21.3 Å². The van der Waals surface area contributed by atoms with Crippen molar-refractivity contribution in [2.75, 3.05) is 0 Å². The van der Waals surface area contributed by atoms with Gasteiger partial charge in [0.15, 0.2) is 5.76 Å². The molecular formula is C9H5F7O2. The van der Waals surface area contributed by atoms with E-state index in [0.717, 1.165) is 6.92 Å². The van der Waals surface area contributed by atoms with E-state index < -0.39 is 29.4 Å². The fraction of sp³-hybridized carbons (Fsp3) is 0.444. The number of alkyl halides is 7. The smallest absolute Gasteiger partial charge is 0.421 e. The van der Waals surface area contributed by atoms with Gasteiger partial charge >= 0.3 is 23.6 Å². The van der Waals surface area contributed by atoms with Crippen LogP contribution in [0, 0.1) is 6.92 Å². The van der Waals surface area contributed by atoms with Crippen LogP contribution in [0.3, 0.4) is 0 Å². The third-order valence-electron chi connectivity index (χ3n) is 1.97. The highest BCUT2D eigenvalue weighted by Gasteiger charge is 2.74. The molecule has 9 heteroatoms. The van der Waals surface area contributed by atoms with Gasteiger partial charge in [-0.2, -0.15) is 30.7 Å². The van der Waals surface area contributed by atoms with Crippen LogP contribution < -0.4 is 5.63 Å². The van der Waals surface area contributed by atoms with E-state index >= 15 is 0 Å². The molecule has 0 saturated heterocycles. The molecule has 0 aromatic carbocycles. The molecule has 0 atom stereocenters. The molecule has 0 amide bonds. The zero-order valence-electron chi connectivity index (χ0n) is 8.62. The zero-order chi connectivity index (χ0) is 14.4. The van der Waals surface area contributed by atoms with Crippen molar-refractivity contribution in [3.63, 3.8) is 0 Å². The van der Waals surface area contributed by atoms with E-state index in [9.17, 15) is 35.5 Å². The van der Waals surface area contributed by atoms with Crippen molar-refractivity contribution >= 4 is 0 Å². The summed E-state index contributed by atoms with van der Waals surface area (Å²) in [6.45, 7) is 1.07. The molecule has 1 aromatic heterocycles. The Labute approximate surface area is 95.0 Å². The normalized spacial score (nSPS) is 13.8. The maximum Gasteiger partial charge on any atom is 0.460 e. The Morgan fingerprint density at radius 2 is 1.50 bits per heavy atom. The van der Waals surface area contributed by atoms with E-state index in [1.165, 1.54) is 0 Å². The highest BCUT2D eigenvalue weighted by molar-refractivity contribution is 5.18. The van der Waals surface area contributed by atoms with Crippen LogP contribution >= 0.6 is 0 Å². The molecule has 0 fully saturated rings. The van der Waals surface area contributed by atoms with Gasteiger partial charge in [-0.1, -0.05) is 0 Å². The monoisotopic (exact) mass is 278 g/mol. The lowest BCUT2D eigenvalue weighted by Crippen LogP contribution is -2.50. The van der Waals surface area contributed by atoms with E-state index in [0.29, 0.717) is 6.07 Å². The van der Waals surface area contributed by atoms with Crippen molar-refractivity contribution in [3.8, 4) is 0 Å². The number of aryl methyl sites for hydroxylation is 1. The van der Waals surface area contributed by atoms with Crippen LogP contribution in [0.25, 0.3) is 0 Å². The largest absolute Gasteiger partial charge is 0.460 e. The van der Waals surface area contributed by atoms with Crippen LogP contribution in [0.2, 0.25) is 0 Å². The predicted molar refractivity (Wildman–Crippen MR) is 44.6 cm³/mol. The molecule has 0 aliphatic carbocycles. The number of hydrogen-bond acceptors (Lipinski definition) is 2. The third-order valence-corrected chi connectivity index (χ3v) is 1.97. The standard InChI is InChI=1S/C9H5F7O2/c1-4-2-5(18-6(17)3-4)7(10,11)8(12,13)9(14,15)16/h2-3H,1H3. The lowest BCUT2D eigenvalue weighted by Gasteiger charge is -2.27. The molecule has 0 saturated carbocycles. The summed E-state index contributed by atoms with van der Waals surface area (Å²) in [6.07, 6.45) is -6.47. The quantitative estimate of drug-likeness (QED) is 0.777. The molecule has 0 aliphatic rings. The molecule has 1 aromatic rings. The van der Waals surface area contributed by atoms with Crippen LogP contribution in [-0.2, 0) is 5.92 Å². The number of rotatable bonds is 2. The highest BCUT2D eigenvalue weighted by Crippen LogP contribution is 2.51. The van der Waals surface area contributed by atoms with Gasteiger partial charge in [-0.05, 0) is 18.6 Å². The Hall–Kier alpha value is -1.54. The van der Waals surface area contributed by atoms with Crippen LogP contribution in [0.5, 0.6) is 0 Å². The summed E-state index contributed by atoms with van der Waals surface area (Å²) in [5, 5.41) is 0. The average Bonchev–Trinajstić information content (AvgIpc) is 2.13. The molecule has 1 rings (SSSR count). The second kappa shape index (κ2) is 3.99. The Balaban J connectivity index is 3.42. The second-order valence-electron chi connectivity index (χ2n) is 3.46. The molecule has 0 bridgehead atoms. The average molecular weight is 278 g/mol.